The fourth-order valence-corrected chi connectivity index (χ4v) is 5.19. The molecule has 1 aliphatic heterocycles. The first kappa shape index (κ1) is 22.8. The molecule has 2 aromatic carbocycles. The third kappa shape index (κ3) is 4.64. The van der Waals surface area contributed by atoms with Crippen LogP contribution in [0.3, 0.4) is 0 Å². The molecule has 1 aliphatic rings. The second-order valence-electron chi connectivity index (χ2n) is 8.13. The first-order valence-corrected chi connectivity index (χ1v) is 13.0. The number of carbonyl (C=O) groups excluding carboxylic acids is 2. The van der Waals surface area contributed by atoms with Crippen LogP contribution in [0, 0.1) is 0 Å². The number of benzene rings is 2. The normalized spacial score (nSPS) is 13.2. The molecule has 4 aromatic rings. The summed E-state index contributed by atoms with van der Waals surface area (Å²) in [5, 5.41) is 10.6. The molecular weight excluding hydrogens is 563 g/mol. The minimum atomic E-state index is -0.362. The van der Waals surface area contributed by atoms with Crippen molar-refractivity contribution >= 4 is 67.9 Å². The Kier molecular flexibility index (Phi) is 6.50. The average Bonchev–Trinajstić information content (AvgIpc) is 3.46. The largest absolute Gasteiger partial charge is 0.324 e. The van der Waals surface area contributed by atoms with Crippen molar-refractivity contribution in [2.75, 3.05) is 17.2 Å². The van der Waals surface area contributed by atoms with E-state index in [0.717, 1.165) is 52.8 Å². The highest BCUT2D eigenvalue weighted by Gasteiger charge is 2.24. The van der Waals surface area contributed by atoms with E-state index in [2.05, 4.69) is 45.4 Å². The van der Waals surface area contributed by atoms with Gasteiger partial charge in [0.1, 0.15) is 5.82 Å². The number of nitrogens with zero attached hydrogens (tertiary/aromatic N) is 4. The minimum absolute atomic E-state index is 0.00669. The van der Waals surface area contributed by atoms with Gasteiger partial charge in [0.15, 0.2) is 0 Å². The minimum Gasteiger partial charge on any atom is -0.308 e. The standard InChI is InChI=1S/C24H23IN6O2S/c1-2-3-4-17-12-22(28-24(33)27-16-6-8-20-21(11-16)34-14-26-20)31(29-17)18-7-5-15-9-10-30(25)23(32)19(15)13-18/h5-8,11-14H,2-4,9-10H2,1H3,(H2,27,28,33). The number of amides is 3. The van der Waals surface area contributed by atoms with E-state index in [1.165, 1.54) is 11.3 Å². The summed E-state index contributed by atoms with van der Waals surface area (Å²) >= 11 is 3.58. The highest BCUT2D eigenvalue weighted by Crippen LogP contribution is 2.27. The predicted molar refractivity (Wildman–Crippen MR) is 143 cm³/mol. The van der Waals surface area contributed by atoms with Crippen LogP contribution in [0.25, 0.3) is 15.9 Å². The third-order valence-electron chi connectivity index (χ3n) is 5.74. The van der Waals surface area contributed by atoms with Gasteiger partial charge in [0.2, 0.25) is 0 Å². The summed E-state index contributed by atoms with van der Waals surface area (Å²) in [6, 6.07) is 12.9. The van der Waals surface area contributed by atoms with Crippen LogP contribution in [0.15, 0.2) is 48.0 Å². The Morgan fingerprint density at radius 2 is 2.06 bits per heavy atom. The summed E-state index contributed by atoms with van der Waals surface area (Å²) in [6.07, 6.45) is 3.69. The van der Waals surface area contributed by atoms with Gasteiger partial charge in [-0.25, -0.2) is 14.5 Å². The molecule has 0 radical (unpaired) electrons. The van der Waals surface area contributed by atoms with Gasteiger partial charge in [-0.2, -0.15) is 5.10 Å². The van der Waals surface area contributed by atoms with E-state index >= 15 is 0 Å². The van der Waals surface area contributed by atoms with E-state index in [1.54, 1.807) is 13.3 Å². The van der Waals surface area contributed by atoms with Gasteiger partial charge >= 0.3 is 6.03 Å². The van der Waals surface area contributed by atoms with Crippen LogP contribution in [-0.4, -0.2) is 36.4 Å². The Hall–Kier alpha value is -2.99. The smallest absolute Gasteiger partial charge is 0.308 e. The SMILES string of the molecule is CCCCc1cc(NC(=O)Nc2ccc3ncsc3c2)n(-c2ccc3c(c2)C(=O)N(I)CC3)n1. The molecule has 0 fully saturated rings. The Morgan fingerprint density at radius 1 is 1.18 bits per heavy atom. The molecule has 0 atom stereocenters. The van der Waals surface area contributed by atoms with Gasteiger partial charge in [0, 0.05) is 23.9 Å². The molecule has 0 saturated carbocycles. The van der Waals surface area contributed by atoms with Gasteiger partial charge in [0.05, 0.1) is 50.0 Å². The highest BCUT2D eigenvalue weighted by atomic mass is 127. The van der Waals surface area contributed by atoms with Gasteiger partial charge in [-0.1, -0.05) is 19.4 Å². The number of urea groups is 1. The zero-order chi connectivity index (χ0) is 23.7. The summed E-state index contributed by atoms with van der Waals surface area (Å²) in [6.45, 7) is 2.84. The van der Waals surface area contributed by atoms with Gasteiger partial charge in [0.25, 0.3) is 5.91 Å². The van der Waals surface area contributed by atoms with Crippen molar-refractivity contribution < 1.29 is 9.59 Å². The number of rotatable bonds is 6. The lowest BCUT2D eigenvalue weighted by molar-refractivity contribution is 0.0878. The van der Waals surface area contributed by atoms with Crippen LogP contribution in [0.4, 0.5) is 16.3 Å². The Bertz CT molecular complexity index is 1380. The maximum Gasteiger partial charge on any atom is 0.324 e. The van der Waals surface area contributed by atoms with Crippen LogP contribution < -0.4 is 10.6 Å². The zero-order valence-electron chi connectivity index (χ0n) is 18.5. The van der Waals surface area contributed by atoms with E-state index in [4.69, 9.17) is 5.10 Å². The van der Waals surface area contributed by atoms with Crippen LogP contribution in [-0.2, 0) is 12.8 Å². The van der Waals surface area contributed by atoms with Crippen molar-refractivity contribution in [3.8, 4) is 5.69 Å². The number of unbranched alkanes of at least 4 members (excludes halogenated alkanes) is 1. The second kappa shape index (κ2) is 9.71. The monoisotopic (exact) mass is 586 g/mol. The number of aryl methyl sites for hydroxylation is 1. The van der Waals surface area contributed by atoms with Crippen molar-refractivity contribution in [1.82, 2.24) is 17.9 Å². The van der Waals surface area contributed by atoms with E-state index in [9.17, 15) is 9.59 Å². The Morgan fingerprint density at radius 3 is 2.91 bits per heavy atom. The lowest BCUT2D eigenvalue weighted by Gasteiger charge is -2.23. The summed E-state index contributed by atoms with van der Waals surface area (Å²) < 4.78 is 4.41. The van der Waals surface area contributed by atoms with Crippen LogP contribution >= 0.6 is 34.2 Å². The van der Waals surface area contributed by atoms with Crippen LogP contribution in [0.5, 0.6) is 0 Å². The molecule has 3 heterocycles. The van der Waals surface area contributed by atoms with Gasteiger partial charge in [-0.3, -0.25) is 13.2 Å². The average molecular weight is 586 g/mol. The van der Waals surface area contributed by atoms with Crippen LogP contribution in [0.1, 0.15) is 41.4 Å². The van der Waals surface area contributed by atoms with E-state index < -0.39 is 0 Å². The van der Waals surface area contributed by atoms with E-state index in [-0.39, 0.29) is 11.9 Å². The zero-order valence-corrected chi connectivity index (χ0v) is 21.5. The van der Waals surface area contributed by atoms with Crippen molar-refractivity contribution in [3.05, 3.63) is 64.8 Å². The summed E-state index contributed by atoms with van der Waals surface area (Å²) in [5.41, 5.74) is 6.72. The molecule has 5 rings (SSSR count). The number of hydrogen-bond acceptors (Lipinski definition) is 5. The lowest BCUT2D eigenvalue weighted by Crippen LogP contribution is -2.29. The van der Waals surface area contributed by atoms with E-state index in [0.29, 0.717) is 23.6 Å². The predicted octanol–water partition coefficient (Wildman–Crippen LogP) is 5.82. The topological polar surface area (TPSA) is 92.2 Å². The first-order valence-electron chi connectivity index (χ1n) is 11.1. The first-order chi connectivity index (χ1) is 16.5. The number of nitrogens with one attached hydrogen (secondary N) is 2. The number of thiazole rings is 1. The number of carbonyl (C=O) groups is 2. The summed E-state index contributed by atoms with van der Waals surface area (Å²) in [5.74, 6) is 0.546. The molecule has 0 unspecified atom stereocenters. The molecule has 174 valence electrons. The van der Waals surface area contributed by atoms with Gasteiger partial charge < -0.3 is 5.32 Å². The molecule has 34 heavy (non-hydrogen) atoms. The number of anilines is 2. The molecule has 0 aliphatic carbocycles. The molecule has 3 amide bonds. The van der Waals surface area contributed by atoms with Crippen molar-refractivity contribution in [3.63, 3.8) is 0 Å². The van der Waals surface area contributed by atoms with Gasteiger partial charge in [-0.05, 0) is 55.2 Å². The summed E-state index contributed by atoms with van der Waals surface area (Å²) in [7, 11) is 0. The number of hydrogen-bond donors (Lipinski definition) is 2. The van der Waals surface area contributed by atoms with Crippen molar-refractivity contribution in [2.45, 2.75) is 32.6 Å². The van der Waals surface area contributed by atoms with Crippen LogP contribution in [0.2, 0.25) is 0 Å². The van der Waals surface area contributed by atoms with Crippen molar-refractivity contribution in [1.29, 1.82) is 0 Å². The Balaban J connectivity index is 1.43. The quantitative estimate of drug-likeness (QED) is 0.220. The maximum absolute atomic E-state index is 12.9. The fourth-order valence-electron chi connectivity index (χ4n) is 3.97. The fraction of sp³-hybridized carbons (Fsp3) is 0.250. The molecular formula is C24H23IN6O2S. The molecule has 0 spiro atoms. The second-order valence-corrected chi connectivity index (χ2v) is 10.2. The molecule has 10 heteroatoms. The molecule has 0 saturated heterocycles. The number of halogens is 1. The lowest BCUT2D eigenvalue weighted by atomic mass is 10.00. The molecule has 8 nitrogen and oxygen atoms in total. The maximum atomic E-state index is 12.9. The number of fused-ring (bicyclic) bond motifs is 2. The van der Waals surface area contributed by atoms with Gasteiger partial charge in [-0.15, -0.1) is 11.3 Å². The molecule has 2 aromatic heterocycles. The Labute approximate surface area is 214 Å². The highest BCUT2D eigenvalue weighted by molar-refractivity contribution is 14.1. The third-order valence-corrected chi connectivity index (χ3v) is 7.46. The molecule has 0 bridgehead atoms. The van der Waals surface area contributed by atoms with E-state index in [1.807, 2.05) is 42.5 Å². The van der Waals surface area contributed by atoms with Crippen molar-refractivity contribution in [2.24, 2.45) is 0 Å². The molecule has 2 N–H and O–H groups in total. The summed E-state index contributed by atoms with van der Waals surface area (Å²) in [4.78, 5) is 29.8. The number of aromatic nitrogens is 3.